The number of benzene rings is 2. The molecular weight excluding hydrogens is 502 g/mol. The molecule has 3 aliphatic heterocycles. The Bertz CT molecular complexity index is 1430. The van der Waals surface area contributed by atoms with E-state index >= 15 is 0 Å². The van der Waals surface area contributed by atoms with Crippen molar-refractivity contribution in [3.63, 3.8) is 0 Å². The van der Waals surface area contributed by atoms with Crippen molar-refractivity contribution in [3.8, 4) is 11.5 Å². The molecule has 196 valence electrons. The zero-order valence-corrected chi connectivity index (χ0v) is 22.3. The lowest BCUT2D eigenvalue weighted by Crippen LogP contribution is -2.56. The number of thiocarbonyl (C=S) groups is 1. The zero-order chi connectivity index (χ0) is 26.9. The fourth-order valence-electron chi connectivity index (χ4n) is 5.11. The summed E-state index contributed by atoms with van der Waals surface area (Å²) in [6.45, 7) is 3.20. The van der Waals surface area contributed by atoms with Gasteiger partial charge in [-0.3, -0.25) is 4.99 Å². The largest absolute Gasteiger partial charge is 0.497 e. The maximum atomic E-state index is 11.6. The molecule has 0 spiro atoms. The van der Waals surface area contributed by atoms with Crippen LogP contribution in [0.2, 0.25) is 0 Å². The van der Waals surface area contributed by atoms with E-state index in [2.05, 4.69) is 15.7 Å². The van der Waals surface area contributed by atoms with Crippen molar-refractivity contribution in [2.24, 2.45) is 15.9 Å². The average Bonchev–Trinajstić information content (AvgIpc) is 3.26. The van der Waals surface area contributed by atoms with E-state index in [1.807, 2.05) is 43.6 Å². The van der Waals surface area contributed by atoms with Crippen molar-refractivity contribution >= 4 is 35.2 Å². The van der Waals surface area contributed by atoms with Gasteiger partial charge in [0.25, 0.3) is 5.84 Å². The summed E-state index contributed by atoms with van der Waals surface area (Å²) in [5.41, 5.74) is 8.26. The van der Waals surface area contributed by atoms with Crippen LogP contribution in [0.3, 0.4) is 0 Å². The van der Waals surface area contributed by atoms with Gasteiger partial charge in [0, 0.05) is 18.2 Å². The third-order valence-corrected chi connectivity index (χ3v) is 7.55. The second-order valence-corrected chi connectivity index (χ2v) is 9.78. The van der Waals surface area contributed by atoms with Crippen molar-refractivity contribution < 1.29 is 24.0 Å². The third-order valence-electron chi connectivity index (χ3n) is 7.12. The molecule has 1 saturated heterocycles. The molecule has 0 aliphatic carbocycles. The highest BCUT2D eigenvalue weighted by atomic mass is 32.1. The van der Waals surface area contributed by atoms with E-state index < -0.39 is 5.97 Å². The molecular formula is C28H30N5O4S+. The molecule has 2 unspecified atom stereocenters. The molecule has 3 N–H and O–H groups in total. The first-order chi connectivity index (χ1) is 18.4. The molecule has 38 heavy (non-hydrogen) atoms. The normalized spacial score (nSPS) is 22.1. The maximum absolute atomic E-state index is 11.6. The molecule has 10 heteroatoms. The molecule has 0 amide bonds. The molecule has 0 saturated carbocycles. The van der Waals surface area contributed by atoms with E-state index in [1.54, 1.807) is 32.6 Å². The fraction of sp³-hybridized carbons (Fsp3) is 0.286. The van der Waals surface area contributed by atoms with Crippen LogP contribution in [0.4, 0.5) is 0 Å². The van der Waals surface area contributed by atoms with Gasteiger partial charge in [0.05, 0.1) is 55.2 Å². The van der Waals surface area contributed by atoms with Crippen LogP contribution >= 0.6 is 12.2 Å². The van der Waals surface area contributed by atoms with Crippen molar-refractivity contribution in [1.29, 1.82) is 0 Å². The van der Waals surface area contributed by atoms with Crippen LogP contribution in [-0.2, 0) is 6.54 Å². The van der Waals surface area contributed by atoms with Crippen LogP contribution in [0, 0.1) is 12.8 Å². The van der Waals surface area contributed by atoms with Gasteiger partial charge in [-0.2, -0.15) is 4.99 Å². The van der Waals surface area contributed by atoms with Gasteiger partial charge in [-0.25, -0.2) is 4.79 Å². The number of hydrogen-bond donors (Lipinski definition) is 3. The Kier molecular flexibility index (Phi) is 7.11. The Morgan fingerprint density at radius 3 is 2.79 bits per heavy atom. The number of carboxylic acids is 1. The van der Waals surface area contributed by atoms with Crippen molar-refractivity contribution in [2.45, 2.75) is 26.3 Å². The smallest absolute Gasteiger partial charge is 0.335 e. The van der Waals surface area contributed by atoms with Crippen LogP contribution in [-0.4, -0.2) is 53.5 Å². The summed E-state index contributed by atoms with van der Waals surface area (Å²) in [5.74, 6) is 1.13. The summed E-state index contributed by atoms with van der Waals surface area (Å²) in [6, 6.07) is 10.8. The summed E-state index contributed by atoms with van der Waals surface area (Å²) in [4.78, 5) is 22.1. The Morgan fingerprint density at radius 2 is 2.08 bits per heavy atom. The highest BCUT2D eigenvalue weighted by Crippen LogP contribution is 2.39. The summed E-state index contributed by atoms with van der Waals surface area (Å²) < 4.78 is 11.1. The van der Waals surface area contributed by atoms with Crippen LogP contribution in [0.1, 0.15) is 39.9 Å². The van der Waals surface area contributed by atoms with E-state index in [9.17, 15) is 9.90 Å². The number of piperidine rings is 1. The second kappa shape index (κ2) is 10.5. The number of aliphatic imine (C=N–C) groups is 2. The minimum Gasteiger partial charge on any atom is -0.497 e. The number of carboxylic acid groups (broad SMARTS) is 1. The number of methoxy groups -OCH3 is 2. The molecule has 3 aliphatic rings. The van der Waals surface area contributed by atoms with Crippen LogP contribution < -0.4 is 20.2 Å². The van der Waals surface area contributed by atoms with Gasteiger partial charge in [-0.1, -0.05) is 18.3 Å². The van der Waals surface area contributed by atoms with Crippen molar-refractivity contribution in [2.75, 3.05) is 20.8 Å². The van der Waals surface area contributed by atoms with Gasteiger partial charge >= 0.3 is 5.97 Å². The fourth-order valence-corrected chi connectivity index (χ4v) is 5.44. The molecule has 3 heterocycles. The number of nitrogens with zero attached hydrogens (tertiary/aromatic N) is 3. The Morgan fingerprint density at radius 1 is 1.24 bits per heavy atom. The first-order valence-electron chi connectivity index (χ1n) is 12.4. The molecule has 0 radical (unpaired) electrons. The second-order valence-electron chi connectivity index (χ2n) is 9.34. The van der Waals surface area contributed by atoms with E-state index in [-0.39, 0.29) is 16.1 Å². The monoisotopic (exact) mass is 532 g/mol. The lowest BCUT2D eigenvalue weighted by molar-refractivity contribution is -0.791. The molecule has 1 fully saturated rings. The summed E-state index contributed by atoms with van der Waals surface area (Å²) >= 11 is 5.72. The third kappa shape index (κ3) is 4.51. The highest BCUT2D eigenvalue weighted by molar-refractivity contribution is 7.80. The van der Waals surface area contributed by atoms with Crippen LogP contribution in [0.5, 0.6) is 11.5 Å². The lowest BCUT2D eigenvalue weighted by atomic mass is 9.95. The van der Waals surface area contributed by atoms with E-state index in [4.69, 9.17) is 26.7 Å². The Hall–Kier alpha value is -3.86. The van der Waals surface area contributed by atoms with Crippen LogP contribution in [0.25, 0.3) is 0 Å². The Labute approximate surface area is 226 Å². The zero-order valence-electron chi connectivity index (χ0n) is 21.5. The number of quaternary nitrogens is 1. The van der Waals surface area contributed by atoms with Gasteiger partial charge in [-0.15, -0.1) is 10.0 Å². The van der Waals surface area contributed by atoms with Gasteiger partial charge in [0.15, 0.2) is 0 Å². The van der Waals surface area contributed by atoms with Crippen molar-refractivity contribution in [1.82, 2.24) is 10.7 Å². The van der Waals surface area contributed by atoms with E-state index in [1.165, 1.54) is 0 Å². The maximum Gasteiger partial charge on any atom is 0.335 e. The highest BCUT2D eigenvalue weighted by Gasteiger charge is 2.49. The molecule has 0 aromatic heterocycles. The summed E-state index contributed by atoms with van der Waals surface area (Å²) in [6.07, 6.45) is 7.42. The topological polar surface area (TPSA) is 105 Å². The number of hydrogen-bond acceptors (Lipinski definition) is 7. The predicted octanol–water partition coefficient (Wildman–Crippen LogP) is 4.09. The number of nitrogens with one attached hydrogen (secondary N) is 2. The number of amidine groups is 1. The standard InChI is InChI=1S/C28H29N5O4S/c1-17-13-18(28(34)35)7-9-21(17)26-32-25(22-5-4-10-30-27(22)38)23-16-29-11-12-33(23,26)31-15-19-6-8-20(36-2)14-24(19)37-3/h6-9,11-14,16,22,31H,4-5,10,15H2,1-3H3,(H-,30,34,35,38)/p+1. The minimum absolute atomic E-state index is 0.0439. The van der Waals surface area contributed by atoms with Crippen LogP contribution in [0.15, 0.2) is 70.2 Å². The number of aromatic carboxylic acids is 1. The number of carbonyl (C=O) groups is 1. The summed E-state index contributed by atoms with van der Waals surface area (Å²) in [7, 11) is 3.26. The molecule has 2 aromatic carbocycles. The van der Waals surface area contributed by atoms with Gasteiger partial charge in [-0.05, 0) is 49.6 Å². The minimum atomic E-state index is -0.968. The SMILES string of the molecule is COc1ccc(CN[N+]23C=CN=CC2=C(C2CCCNC2=S)N=C3c2ccc(C(=O)O)cc2C)c(OC)c1. The number of fused-ring (bicyclic) bond motifs is 1. The predicted molar refractivity (Wildman–Crippen MR) is 149 cm³/mol. The number of ether oxygens (including phenoxy) is 2. The number of rotatable bonds is 8. The van der Waals surface area contributed by atoms with Crippen molar-refractivity contribution in [3.05, 3.63) is 82.4 Å². The summed E-state index contributed by atoms with van der Waals surface area (Å²) in [5, 5.41) is 12.8. The van der Waals surface area contributed by atoms with Gasteiger partial charge < -0.3 is 19.9 Å². The quantitative estimate of drug-likeness (QED) is 0.348. The average molecular weight is 533 g/mol. The lowest BCUT2D eigenvalue weighted by Gasteiger charge is -2.33. The first kappa shape index (κ1) is 25.8. The molecule has 9 nitrogen and oxygen atoms in total. The van der Waals surface area contributed by atoms with E-state index in [0.29, 0.717) is 18.0 Å². The van der Waals surface area contributed by atoms with E-state index in [0.717, 1.165) is 58.3 Å². The van der Waals surface area contributed by atoms with Gasteiger partial charge in [0.1, 0.15) is 23.4 Å². The molecule has 2 aromatic rings. The Balaban J connectivity index is 1.62. The molecule has 5 rings (SSSR count). The first-order valence-corrected chi connectivity index (χ1v) is 12.8. The number of aryl methyl sites for hydroxylation is 1. The number of allylic oxidation sites excluding steroid dienone is 1. The molecule has 2 atom stereocenters. The van der Waals surface area contributed by atoms with Gasteiger partial charge in [0.2, 0.25) is 5.70 Å². The molecule has 0 bridgehead atoms.